The van der Waals surface area contributed by atoms with Gasteiger partial charge in [0.2, 0.25) is 5.75 Å². The van der Waals surface area contributed by atoms with Crippen LogP contribution in [0.5, 0.6) is 5.75 Å². The van der Waals surface area contributed by atoms with Gasteiger partial charge in [-0.1, -0.05) is 18.2 Å². The first-order valence-electron chi connectivity index (χ1n) is 8.32. The molecule has 30 heavy (non-hydrogen) atoms. The van der Waals surface area contributed by atoms with Gasteiger partial charge >= 0.3 is 17.6 Å². The topological polar surface area (TPSA) is 134 Å². The van der Waals surface area contributed by atoms with Crippen molar-refractivity contribution in [2.75, 3.05) is 14.2 Å². The number of halogens is 1. The minimum Gasteiger partial charge on any atom is -0.501 e. The molecular weight excluding hydrogens is 462 g/mol. The summed E-state index contributed by atoms with van der Waals surface area (Å²) >= 11 is 3.06. The van der Waals surface area contributed by atoms with Crippen molar-refractivity contribution in [3.8, 4) is 22.7 Å². The number of nitro benzene ring substituents is 1. The van der Waals surface area contributed by atoms with Crippen LogP contribution in [0.4, 0.5) is 5.69 Å². The quantitative estimate of drug-likeness (QED) is 0.336. The summed E-state index contributed by atoms with van der Waals surface area (Å²) < 4.78 is 10.8. The van der Waals surface area contributed by atoms with Gasteiger partial charge in [-0.15, -0.1) is 0 Å². The number of phenols is 1. The SMILES string of the molecule is COC(=O)c1c(-c2cc(Br)c(O)c([N+](=O)[O-])c2)nn(-c2ccccc2)c1C(=O)OC. The van der Waals surface area contributed by atoms with E-state index in [1.54, 1.807) is 30.3 Å². The highest BCUT2D eigenvalue weighted by molar-refractivity contribution is 9.10. The van der Waals surface area contributed by atoms with Gasteiger partial charge in [0.1, 0.15) is 11.3 Å². The van der Waals surface area contributed by atoms with Gasteiger partial charge in [-0.25, -0.2) is 14.3 Å². The molecule has 0 fully saturated rings. The van der Waals surface area contributed by atoms with Crippen molar-refractivity contribution < 1.29 is 29.1 Å². The Morgan fingerprint density at radius 2 is 1.77 bits per heavy atom. The molecule has 0 saturated heterocycles. The van der Waals surface area contributed by atoms with Crippen LogP contribution < -0.4 is 0 Å². The maximum Gasteiger partial charge on any atom is 0.357 e. The molecule has 11 heteroatoms. The lowest BCUT2D eigenvalue weighted by Gasteiger charge is -2.07. The number of phenolic OH excluding ortho intramolecular Hbond substituents is 1. The number of rotatable bonds is 5. The standard InChI is InChI=1S/C19H14BrN3O7/c1-29-18(25)14-15(10-8-12(20)17(24)13(9-10)23(27)28)21-22(16(14)19(26)30-2)11-6-4-3-5-7-11/h3-9,24H,1-2H3. The average molecular weight is 476 g/mol. The summed E-state index contributed by atoms with van der Waals surface area (Å²) in [6, 6.07) is 10.9. The summed E-state index contributed by atoms with van der Waals surface area (Å²) in [7, 11) is 2.27. The Morgan fingerprint density at radius 1 is 1.13 bits per heavy atom. The van der Waals surface area contributed by atoms with Crippen molar-refractivity contribution in [3.63, 3.8) is 0 Å². The van der Waals surface area contributed by atoms with E-state index in [1.165, 1.54) is 10.7 Å². The lowest BCUT2D eigenvalue weighted by atomic mass is 10.0. The Hall–Kier alpha value is -3.73. The molecule has 2 aromatic carbocycles. The van der Waals surface area contributed by atoms with Gasteiger partial charge in [0, 0.05) is 11.6 Å². The predicted octanol–water partition coefficient (Wildman–Crippen LogP) is 3.49. The molecule has 1 heterocycles. The molecule has 0 saturated carbocycles. The second kappa shape index (κ2) is 8.33. The van der Waals surface area contributed by atoms with Crippen molar-refractivity contribution in [3.05, 3.63) is 68.3 Å². The van der Waals surface area contributed by atoms with Crippen LogP contribution in [0.15, 0.2) is 46.9 Å². The Morgan fingerprint density at radius 3 is 2.33 bits per heavy atom. The molecular formula is C19H14BrN3O7. The van der Waals surface area contributed by atoms with E-state index in [2.05, 4.69) is 21.0 Å². The fourth-order valence-corrected chi connectivity index (χ4v) is 3.27. The minimum atomic E-state index is -0.889. The van der Waals surface area contributed by atoms with Gasteiger partial charge in [-0.2, -0.15) is 5.10 Å². The number of esters is 2. The molecule has 0 unspecified atom stereocenters. The second-order valence-corrected chi connectivity index (χ2v) is 6.74. The number of para-hydroxylation sites is 1. The Balaban J connectivity index is 2.41. The lowest BCUT2D eigenvalue weighted by Crippen LogP contribution is -2.15. The van der Waals surface area contributed by atoms with Crippen LogP contribution >= 0.6 is 15.9 Å². The van der Waals surface area contributed by atoms with Crippen LogP contribution in [-0.2, 0) is 9.47 Å². The second-order valence-electron chi connectivity index (χ2n) is 5.89. The molecule has 1 N–H and O–H groups in total. The first-order chi connectivity index (χ1) is 14.3. The van der Waals surface area contributed by atoms with E-state index in [1.807, 2.05) is 0 Å². The number of hydrogen-bond acceptors (Lipinski definition) is 8. The summed E-state index contributed by atoms with van der Waals surface area (Å²) in [5.41, 5.74) is -0.565. The number of benzene rings is 2. The summed E-state index contributed by atoms with van der Waals surface area (Å²) in [6.45, 7) is 0. The van der Waals surface area contributed by atoms with E-state index in [4.69, 9.17) is 9.47 Å². The van der Waals surface area contributed by atoms with Gasteiger partial charge in [-0.3, -0.25) is 10.1 Å². The van der Waals surface area contributed by atoms with Crippen LogP contribution in [0.3, 0.4) is 0 Å². The van der Waals surface area contributed by atoms with Crippen LogP contribution in [0.25, 0.3) is 16.9 Å². The third-order valence-corrected chi connectivity index (χ3v) is 4.77. The number of carbonyl (C=O) groups excluding carboxylic acids is 2. The summed E-state index contributed by atoms with van der Waals surface area (Å²) in [5.74, 6) is -2.33. The molecule has 0 atom stereocenters. The summed E-state index contributed by atoms with van der Waals surface area (Å²) in [5, 5.41) is 25.6. The molecule has 154 valence electrons. The molecule has 3 aromatic rings. The van der Waals surface area contributed by atoms with Crippen molar-refractivity contribution in [2.24, 2.45) is 0 Å². The normalized spacial score (nSPS) is 10.5. The number of carbonyl (C=O) groups is 2. The van der Waals surface area contributed by atoms with Gasteiger partial charge in [0.25, 0.3) is 0 Å². The zero-order valence-electron chi connectivity index (χ0n) is 15.7. The zero-order valence-corrected chi connectivity index (χ0v) is 17.2. The molecule has 10 nitrogen and oxygen atoms in total. The minimum absolute atomic E-state index is 0.0106. The average Bonchev–Trinajstić information content (AvgIpc) is 3.15. The molecule has 0 bridgehead atoms. The van der Waals surface area contributed by atoms with E-state index in [0.29, 0.717) is 5.69 Å². The molecule has 0 aliphatic heterocycles. The van der Waals surface area contributed by atoms with Gasteiger partial charge in [0.05, 0.1) is 29.3 Å². The number of hydrogen-bond donors (Lipinski definition) is 1. The molecule has 3 rings (SSSR count). The van der Waals surface area contributed by atoms with Crippen molar-refractivity contribution in [1.82, 2.24) is 9.78 Å². The Kier molecular flexibility index (Phi) is 5.83. The number of nitrogens with zero attached hydrogens (tertiary/aromatic N) is 3. The number of nitro groups is 1. The number of methoxy groups -OCH3 is 2. The third kappa shape index (κ3) is 3.62. The highest BCUT2D eigenvalue weighted by Crippen LogP contribution is 2.39. The predicted molar refractivity (Wildman–Crippen MR) is 108 cm³/mol. The highest BCUT2D eigenvalue weighted by atomic mass is 79.9. The number of aromatic nitrogens is 2. The number of ether oxygens (including phenoxy) is 2. The van der Waals surface area contributed by atoms with E-state index >= 15 is 0 Å². The fourth-order valence-electron chi connectivity index (χ4n) is 2.82. The van der Waals surface area contributed by atoms with Crippen molar-refractivity contribution in [1.29, 1.82) is 0 Å². The van der Waals surface area contributed by atoms with Crippen LogP contribution in [-0.4, -0.2) is 46.0 Å². The fraction of sp³-hybridized carbons (Fsp3) is 0.105. The first kappa shape index (κ1) is 21.0. The Labute approximate surface area is 177 Å². The van der Waals surface area contributed by atoms with Gasteiger partial charge in [-0.05, 0) is 34.1 Å². The maximum atomic E-state index is 12.6. The van der Waals surface area contributed by atoms with Crippen molar-refractivity contribution in [2.45, 2.75) is 0 Å². The molecule has 0 aliphatic rings. The molecule has 0 amide bonds. The van der Waals surface area contributed by atoms with E-state index in [0.717, 1.165) is 20.3 Å². The molecule has 1 aromatic heterocycles. The summed E-state index contributed by atoms with van der Waals surface area (Å²) in [4.78, 5) is 35.7. The molecule has 0 aliphatic carbocycles. The maximum absolute atomic E-state index is 12.6. The molecule has 0 radical (unpaired) electrons. The summed E-state index contributed by atoms with van der Waals surface area (Å²) in [6.07, 6.45) is 0. The monoisotopic (exact) mass is 475 g/mol. The van der Waals surface area contributed by atoms with Crippen LogP contribution in [0.2, 0.25) is 0 Å². The van der Waals surface area contributed by atoms with Gasteiger partial charge < -0.3 is 14.6 Å². The Bertz CT molecular complexity index is 1160. The number of aromatic hydroxyl groups is 1. The van der Waals surface area contributed by atoms with E-state index in [9.17, 15) is 24.8 Å². The van der Waals surface area contributed by atoms with Crippen molar-refractivity contribution >= 4 is 33.6 Å². The van der Waals surface area contributed by atoms with Gasteiger partial charge in [0.15, 0.2) is 5.69 Å². The molecule has 0 spiro atoms. The van der Waals surface area contributed by atoms with Crippen LogP contribution in [0, 0.1) is 10.1 Å². The zero-order chi connectivity index (χ0) is 22.0. The smallest absolute Gasteiger partial charge is 0.357 e. The van der Waals surface area contributed by atoms with E-state index in [-0.39, 0.29) is 27.0 Å². The highest BCUT2D eigenvalue weighted by Gasteiger charge is 2.32. The first-order valence-corrected chi connectivity index (χ1v) is 9.11. The largest absolute Gasteiger partial charge is 0.501 e. The third-order valence-electron chi connectivity index (χ3n) is 4.17. The lowest BCUT2D eigenvalue weighted by molar-refractivity contribution is -0.385. The van der Waals surface area contributed by atoms with E-state index < -0.39 is 28.3 Å². The van der Waals surface area contributed by atoms with Crippen LogP contribution in [0.1, 0.15) is 20.8 Å².